The number of hydrogen-bond donors (Lipinski definition) is 2. The van der Waals surface area contributed by atoms with E-state index in [1.54, 1.807) is 19.2 Å². The second kappa shape index (κ2) is 8.49. The highest BCUT2D eigenvalue weighted by atomic mass is 19.1. The molecule has 2 atom stereocenters. The predicted molar refractivity (Wildman–Crippen MR) is 126 cm³/mol. The molecule has 1 fully saturated rings. The lowest BCUT2D eigenvalue weighted by Crippen LogP contribution is -2.54. The summed E-state index contributed by atoms with van der Waals surface area (Å²) in [6, 6.07) is 5.63. The maximum atomic E-state index is 14.5. The zero-order chi connectivity index (χ0) is 24.0. The van der Waals surface area contributed by atoms with Crippen molar-refractivity contribution < 1.29 is 13.9 Å². The Hall–Kier alpha value is -3.86. The fourth-order valence-electron chi connectivity index (χ4n) is 4.49. The Balaban J connectivity index is 1.54. The molecule has 0 radical (unpaired) electrons. The van der Waals surface area contributed by atoms with Crippen molar-refractivity contribution in [3.8, 4) is 6.01 Å². The molecule has 10 nitrogen and oxygen atoms in total. The van der Waals surface area contributed by atoms with Crippen molar-refractivity contribution in [2.45, 2.75) is 32.9 Å². The number of amides is 1. The number of ether oxygens (including phenoxy) is 1. The number of pyridine rings is 1. The average molecular weight is 465 g/mol. The lowest BCUT2D eigenvalue weighted by atomic mass is 10.0. The molecule has 1 aromatic carbocycles. The minimum Gasteiger partial charge on any atom is -0.467 e. The van der Waals surface area contributed by atoms with Gasteiger partial charge >= 0.3 is 6.01 Å². The van der Waals surface area contributed by atoms with Gasteiger partial charge < -0.3 is 20.3 Å². The van der Waals surface area contributed by atoms with E-state index in [4.69, 9.17) is 4.74 Å². The van der Waals surface area contributed by atoms with E-state index in [-0.39, 0.29) is 17.3 Å². The van der Waals surface area contributed by atoms with Gasteiger partial charge in [-0.3, -0.25) is 4.79 Å². The Morgan fingerprint density at radius 2 is 2.00 bits per heavy atom. The summed E-state index contributed by atoms with van der Waals surface area (Å²) in [6.45, 7) is 7.57. The predicted octanol–water partition coefficient (Wildman–Crippen LogP) is 2.57. The Labute approximate surface area is 195 Å². The molecule has 11 heteroatoms. The Morgan fingerprint density at radius 3 is 2.74 bits per heavy atom. The van der Waals surface area contributed by atoms with Crippen LogP contribution in [0.3, 0.4) is 0 Å². The summed E-state index contributed by atoms with van der Waals surface area (Å²) in [6.07, 6.45) is 3.19. The topological polar surface area (TPSA) is 110 Å². The molecule has 176 valence electrons. The summed E-state index contributed by atoms with van der Waals surface area (Å²) in [7, 11) is 1.47. The van der Waals surface area contributed by atoms with Crippen LogP contribution in [0, 0.1) is 12.7 Å². The van der Waals surface area contributed by atoms with E-state index in [2.05, 4.69) is 49.4 Å². The number of aromatic nitrogens is 5. The maximum absolute atomic E-state index is 14.5. The number of fused-ring (bicyclic) bond motifs is 2. The molecule has 1 amide bonds. The van der Waals surface area contributed by atoms with Crippen molar-refractivity contribution in [1.82, 2.24) is 29.9 Å². The molecular weight excluding hydrogens is 439 g/mol. The SMILES string of the molecule is COc1ncc2c(N3C[C@H](C)N[C@@H](C)C3)ccc(C(=O)Nc3cc(F)c4nc(C)nn4c3)c2n1. The third kappa shape index (κ3) is 3.98. The highest BCUT2D eigenvalue weighted by Crippen LogP contribution is 2.31. The van der Waals surface area contributed by atoms with Gasteiger partial charge in [0.2, 0.25) is 0 Å². The molecular formula is C23H25FN8O2. The molecule has 1 aliphatic rings. The van der Waals surface area contributed by atoms with Crippen molar-refractivity contribution in [2.75, 3.05) is 30.4 Å². The van der Waals surface area contributed by atoms with E-state index in [9.17, 15) is 9.18 Å². The fraction of sp³-hybridized carbons (Fsp3) is 0.348. The molecule has 0 bridgehead atoms. The van der Waals surface area contributed by atoms with Gasteiger partial charge in [-0.2, -0.15) is 10.1 Å². The number of anilines is 2. The van der Waals surface area contributed by atoms with Crippen LogP contribution in [0.4, 0.5) is 15.8 Å². The zero-order valence-electron chi connectivity index (χ0n) is 19.3. The van der Waals surface area contributed by atoms with Gasteiger partial charge in [-0.15, -0.1) is 0 Å². The standard InChI is InChI=1S/C23H25FN8O2/c1-12-9-31(10-13(2)26-12)19-6-5-16(20-17(19)8-25-23(29-20)34-4)22(33)28-15-7-18(24)21-27-14(3)30-32(21)11-15/h5-8,11-13,26H,9-10H2,1-4H3,(H,28,33)/t12-,13-/m0/s1. The van der Waals surface area contributed by atoms with Crippen molar-refractivity contribution in [1.29, 1.82) is 0 Å². The first-order chi connectivity index (χ1) is 16.3. The number of nitrogens with zero attached hydrogens (tertiary/aromatic N) is 6. The van der Waals surface area contributed by atoms with Crippen molar-refractivity contribution in [2.24, 2.45) is 0 Å². The minimum absolute atomic E-state index is 0.0993. The Bertz CT molecular complexity index is 1400. The summed E-state index contributed by atoms with van der Waals surface area (Å²) >= 11 is 0. The number of aryl methyl sites for hydroxylation is 1. The van der Waals surface area contributed by atoms with E-state index in [1.165, 1.54) is 23.9 Å². The van der Waals surface area contributed by atoms with Crippen LogP contribution < -0.4 is 20.3 Å². The third-order valence-corrected chi connectivity index (χ3v) is 5.78. The van der Waals surface area contributed by atoms with Crippen molar-refractivity contribution in [3.63, 3.8) is 0 Å². The number of methoxy groups -OCH3 is 1. The first kappa shape index (κ1) is 22.0. The highest BCUT2D eigenvalue weighted by Gasteiger charge is 2.25. The zero-order valence-corrected chi connectivity index (χ0v) is 19.3. The first-order valence-corrected chi connectivity index (χ1v) is 11.0. The van der Waals surface area contributed by atoms with Crippen LogP contribution in [0.1, 0.15) is 30.0 Å². The molecule has 34 heavy (non-hydrogen) atoms. The lowest BCUT2D eigenvalue weighted by Gasteiger charge is -2.38. The smallest absolute Gasteiger partial charge is 0.316 e. The second-order valence-corrected chi connectivity index (χ2v) is 8.58. The molecule has 0 saturated carbocycles. The summed E-state index contributed by atoms with van der Waals surface area (Å²) in [5.74, 6) is -0.580. The molecule has 4 aromatic rings. The monoisotopic (exact) mass is 464 g/mol. The largest absolute Gasteiger partial charge is 0.467 e. The normalized spacial score (nSPS) is 18.4. The molecule has 4 heterocycles. The summed E-state index contributed by atoms with van der Waals surface area (Å²) in [5, 5.41) is 11.1. The van der Waals surface area contributed by atoms with Crippen LogP contribution in [-0.4, -0.2) is 62.8 Å². The van der Waals surface area contributed by atoms with E-state index < -0.39 is 11.7 Å². The van der Waals surface area contributed by atoms with E-state index >= 15 is 0 Å². The highest BCUT2D eigenvalue weighted by molar-refractivity contribution is 6.13. The van der Waals surface area contributed by atoms with Gasteiger partial charge in [0.1, 0.15) is 5.82 Å². The maximum Gasteiger partial charge on any atom is 0.316 e. The quantitative estimate of drug-likeness (QED) is 0.474. The second-order valence-electron chi connectivity index (χ2n) is 8.58. The van der Waals surface area contributed by atoms with Gasteiger partial charge in [0.15, 0.2) is 11.5 Å². The number of nitrogens with one attached hydrogen (secondary N) is 2. The number of carbonyl (C=O) groups excluding carboxylic acids is 1. The van der Waals surface area contributed by atoms with Crippen molar-refractivity contribution >= 4 is 33.8 Å². The first-order valence-electron chi connectivity index (χ1n) is 11.0. The molecule has 0 unspecified atom stereocenters. The number of carbonyl (C=O) groups is 1. The molecule has 0 aliphatic carbocycles. The van der Waals surface area contributed by atoms with Crippen LogP contribution in [0.5, 0.6) is 6.01 Å². The van der Waals surface area contributed by atoms with Crippen LogP contribution in [0.2, 0.25) is 0 Å². The Morgan fingerprint density at radius 1 is 1.24 bits per heavy atom. The minimum atomic E-state index is -0.579. The van der Waals surface area contributed by atoms with Crippen LogP contribution >= 0.6 is 0 Å². The van der Waals surface area contributed by atoms with Crippen LogP contribution in [0.25, 0.3) is 16.6 Å². The van der Waals surface area contributed by atoms with Gasteiger partial charge in [-0.1, -0.05) is 0 Å². The van der Waals surface area contributed by atoms with Crippen molar-refractivity contribution in [3.05, 3.63) is 47.8 Å². The average Bonchev–Trinajstić information content (AvgIpc) is 3.18. The third-order valence-electron chi connectivity index (χ3n) is 5.78. The van der Waals surface area contributed by atoms with Gasteiger partial charge in [-0.25, -0.2) is 18.9 Å². The van der Waals surface area contributed by atoms with Gasteiger partial charge in [0.25, 0.3) is 5.91 Å². The molecule has 1 saturated heterocycles. The number of hydrogen-bond acceptors (Lipinski definition) is 8. The van der Waals surface area contributed by atoms with E-state index in [0.717, 1.165) is 24.2 Å². The summed E-state index contributed by atoms with van der Waals surface area (Å²) in [4.78, 5) is 28.3. The van der Waals surface area contributed by atoms with E-state index in [1.807, 2.05) is 6.07 Å². The Kier molecular flexibility index (Phi) is 5.48. The summed E-state index contributed by atoms with van der Waals surface area (Å²) in [5.41, 5.74) is 2.08. The molecule has 2 N–H and O–H groups in total. The van der Waals surface area contributed by atoms with Crippen LogP contribution in [-0.2, 0) is 0 Å². The van der Waals surface area contributed by atoms with Gasteiger partial charge in [0, 0.05) is 48.5 Å². The number of piperazine rings is 1. The lowest BCUT2D eigenvalue weighted by molar-refractivity contribution is 0.102. The number of rotatable bonds is 4. The van der Waals surface area contributed by atoms with Gasteiger partial charge in [0.05, 0.1) is 30.1 Å². The number of halogens is 1. The fourth-order valence-corrected chi connectivity index (χ4v) is 4.49. The van der Waals surface area contributed by atoms with Crippen LogP contribution in [0.15, 0.2) is 30.6 Å². The molecule has 0 spiro atoms. The molecule has 1 aliphatic heterocycles. The molecule has 5 rings (SSSR count). The summed E-state index contributed by atoms with van der Waals surface area (Å²) < 4.78 is 21.0. The van der Waals surface area contributed by atoms with E-state index in [0.29, 0.717) is 29.0 Å². The van der Waals surface area contributed by atoms with Gasteiger partial charge in [-0.05, 0) is 32.9 Å². The number of benzene rings is 1. The molecule has 3 aromatic heterocycles.